The quantitative estimate of drug-likeness (QED) is 0.236. The van der Waals surface area contributed by atoms with Gasteiger partial charge in [0.25, 0.3) is 0 Å². The van der Waals surface area contributed by atoms with Crippen molar-refractivity contribution in [3.8, 4) is 0 Å². The third kappa shape index (κ3) is 19.6. The van der Waals surface area contributed by atoms with E-state index in [1.165, 1.54) is 86.5 Å². The molecular weight excluding hydrogens is 504 g/mol. The van der Waals surface area contributed by atoms with Gasteiger partial charge >= 0.3 is 0 Å². The summed E-state index contributed by atoms with van der Waals surface area (Å²) in [5.41, 5.74) is 5.90. The minimum Gasteiger partial charge on any atom is -0.0628 e. The molecule has 1 aliphatic carbocycles. The average Bonchev–Trinajstić information content (AvgIpc) is 2.85. The topological polar surface area (TPSA) is 0 Å². The van der Waals surface area contributed by atoms with Crippen molar-refractivity contribution in [1.82, 2.24) is 0 Å². The highest BCUT2D eigenvalue weighted by Crippen LogP contribution is 2.35. The van der Waals surface area contributed by atoms with Crippen LogP contribution in [0.5, 0.6) is 0 Å². The molecule has 0 bridgehead atoms. The summed E-state index contributed by atoms with van der Waals surface area (Å²) in [6, 6.07) is 18.1. The second-order valence-electron chi connectivity index (χ2n) is 16.2. The Bertz CT molecular complexity index is 831. The molecule has 0 nitrogen and oxygen atoms in total. The molecule has 42 heavy (non-hydrogen) atoms. The molecule has 0 heterocycles. The summed E-state index contributed by atoms with van der Waals surface area (Å²) in [6.07, 6.45) is 13.8. The van der Waals surface area contributed by atoms with Gasteiger partial charge < -0.3 is 0 Å². The highest BCUT2D eigenvalue weighted by Gasteiger charge is 2.22. The summed E-state index contributed by atoms with van der Waals surface area (Å²) in [6.45, 7) is 27.6. The van der Waals surface area contributed by atoms with E-state index >= 15 is 0 Å². The largest absolute Gasteiger partial charge is 0.0628 e. The van der Waals surface area contributed by atoms with E-state index < -0.39 is 0 Å². The van der Waals surface area contributed by atoms with Crippen molar-refractivity contribution in [2.24, 2.45) is 47.3 Å². The van der Waals surface area contributed by atoms with Crippen LogP contribution in [0.15, 0.2) is 48.5 Å². The lowest BCUT2D eigenvalue weighted by molar-refractivity contribution is 0.222. The maximum absolute atomic E-state index is 2.36. The van der Waals surface area contributed by atoms with Gasteiger partial charge in [-0.25, -0.2) is 0 Å². The number of benzene rings is 2. The zero-order valence-corrected chi connectivity index (χ0v) is 30.3. The third-order valence-corrected chi connectivity index (χ3v) is 8.17. The molecule has 1 saturated carbocycles. The highest BCUT2D eigenvalue weighted by atomic mass is 14.3. The third-order valence-electron chi connectivity index (χ3n) is 8.17. The predicted octanol–water partition coefficient (Wildman–Crippen LogP) is 13.1. The normalized spacial score (nSPS) is 17.1. The molecule has 1 aliphatic rings. The van der Waals surface area contributed by atoms with Gasteiger partial charge in [-0.3, -0.25) is 0 Å². The van der Waals surface area contributed by atoms with Crippen molar-refractivity contribution in [3.63, 3.8) is 0 Å². The van der Waals surface area contributed by atoms with Gasteiger partial charge in [-0.05, 0) is 108 Å². The maximum Gasteiger partial charge on any atom is -0.0256 e. The summed E-state index contributed by atoms with van der Waals surface area (Å²) < 4.78 is 0. The zero-order chi connectivity index (χ0) is 31.7. The first-order chi connectivity index (χ1) is 19.7. The van der Waals surface area contributed by atoms with Crippen LogP contribution in [0.1, 0.15) is 144 Å². The molecule has 0 unspecified atom stereocenters. The monoisotopic (exact) mass is 577 g/mol. The van der Waals surface area contributed by atoms with Gasteiger partial charge in [0.1, 0.15) is 0 Å². The molecule has 2 aromatic carbocycles. The minimum absolute atomic E-state index is 0.754. The molecule has 0 radical (unpaired) electrons. The number of hydrogen-bond donors (Lipinski definition) is 0. The SMILES string of the molecule is CC(C)CC1CCC(CC(C)C)CC1.CC(C)Cc1ccc(CC(C)C)cc1.CC(C)Cc1cccc(CC(C)C)c1. The van der Waals surface area contributed by atoms with Crippen molar-refractivity contribution in [2.45, 2.75) is 147 Å². The van der Waals surface area contributed by atoms with E-state index in [0.29, 0.717) is 0 Å². The van der Waals surface area contributed by atoms with E-state index in [1.807, 2.05) is 0 Å². The first-order valence-corrected chi connectivity index (χ1v) is 17.9. The van der Waals surface area contributed by atoms with Crippen LogP contribution in [0, 0.1) is 47.3 Å². The molecule has 0 N–H and O–H groups in total. The van der Waals surface area contributed by atoms with Gasteiger partial charge in [0.15, 0.2) is 0 Å². The van der Waals surface area contributed by atoms with Crippen molar-refractivity contribution in [3.05, 3.63) is 70.8 Å². The molecule has 1 fully saturated rings. The summed E-state index contributed by atoms with van der Waals surface area (Å²) in [4.78, 5) is 0. The van der Waals surface area contributed by atoms with E-state index in [9.17, 15) is 0 Å². The number of rotatable bonds is 12. The Balaban J connectivity index is 0.000000315. The lowest BCUT2D eigenvalue weighted by Gasteiger charge is -2.30. The van der Waals surface area contributed by atoms with Gasteiger partial charge in [0.05, 0.1) is 0 Å². The fraction of sp³-hybridized carbons (Fsp3) is 0.714. The fourth-order valence-electron chi connectivity index (χ4n) is 6.62. The molecule has 3 rings (SSSR count). The minimum atomic E-state index is 0.754. The summed E-state index contributed by atoms with van der Waals surface area (Å²) in [5, 5.41) is 0. The first-order valence-electron chi connectivity index (χ1n) is 17.9. The van der Waals surface area contributed by atoms with Crippen LogP contribution in [0.25, 0.3) is 0 Å². The summed E-state index contributed by atoms with van der Waals surface area (Å²) in [7, 11) is 0. The van der Waals surface area contributed by atoms with Crippen LogP contribution in [0.4, 0.5) is 0 Å². The van der Waals surface area contributed by atoms with E-state index in [4.69, 9.17) is 0 Å². The van der Waals surface area contributed by atoms with Crippen LogP contribution >= 0.6 is 0 Å². The molecule has 0 spiro atoms. The molecule has 2 aromatic rings. The second kappa shape index (κ2) is 21.2. The molecule has 0 saturated heterocycles. The van der Waals surface area contributed by atoms with E-state index in [1.54, 1.807) is 0 Å². The molecular formula is C42H72. The van der Waals surface area contributed by atoms with Crippen LogP contribution < -0.4 is 0 Å². The van der Waals surface area contributed by atoms with Gasteiger partial charge in [-0.2, -0.15) is 0 Å². The Morgan fingerprint density at radius 3 is 0.952 bits per heavy atom. The molecule has 0 atom stereocenters. The van der Waals surface area contributed by atoms with Crippen LogP contribution in [0.3, 0.4) is 0 Å². The summed E-state index contributed by atoms with van der Waals surface area (Å²) in [5.74, 6) is 6.94. The molecule has 0 aliphatic heterocycles. The Kier molecular flexibility index (Phi) is 19.4. The maximum atomic E-state index is 2.36. The average molecular weight is 577 g/mol. The van der Waals surface area contributed by atoms with Crippen LogP contribution in [-0.2, 0) is 25.7 Å². The zero-order valence-electron chi connectivity index (χ0n) is 30.3. The molecule has 0 heteroatoms. The van der Waals surface area contributed by atoms with Crippen molar-refractivity contribution in [1.29, 1.82) is 0 Å². The smallest absolute Gasteiger partial charge is 0.0256 e. The van der Waals surface area contributed by atoms with Crippen molar-refractivity contribution < 1.29 is 0 Å². The Hall–Kier alpha value is -1.56. The second-order valence-corrected chi connectivity index (χ2v) is 16.2. The van der Waals surface area contributed by atoms with Gasteiger partial charge in [0.2, 0.25) is 0 Å². The van der Waals surface area contributed by atoms with Gasteiger partial charge in [-0.1, -0.05) is 157 Å². The highest BCUT2D eigenvalue weighted by molar-refractivity contribution is 5.24. The Morgan fingerprint density at radius 1 is 0.405 bits per heavy atom. The van der Waals surface area contributed by atoms with Crippen LogP contribution in [-0.4, -0.2) is 0 Å². The lowest BCUT2D eigenvalue weighted by Crippen LogP contribution is -2.17. The standard InChI is InChI=1S/C14H28.2C14H22/c2*1-11(2)9-13-5-7-14(8-6-13)10-12(3)4;1-11(2)8-13-6-5-7-14(10-13)9-12(3)4/h11-14H,5-10H2,1-4H3;5-8,11-12H,9-10H2,1-4H3;5-7,10-12H,8-9H2,1-4H3. The van der Waals surface area contributed by atoms with E-state index in [-0.39, 0.29) is 0 Å². The Morgan fingerprint density at radius 2 is 0.690 bits per heavy atom. The molecule has 0 amide bonds. The summed E-state index contributed by atoms with van der Waals surface area (Å²) >= 11 is 0. The van der Waals surface area contributed by atoms with Crippen molar-refractivity contribution >= 4 is 0 Å². The fourth-order valence-corrected chi connectivity index (χ4v) is 6.62. The predicted molar refractivity (Wildman–Crippen MR) is 191 cm³/mol. The lowest BCUT2D eigenvalue weighted by atomic mass is 9.76. The Labute approximate surface area is 264 Å². The van der Waals surface area contributed by atoms with Gasteiger partial charge in [-0.15, -0.1) is 0 Å². The van der Waals surface area contributed by atoms with Gasteiger partial charge in [0, 0.05) is 0 Å². The number of hydrogen-bond acceptors (Lipinski definition) is 0. The van der Waals surface area contributed by atoms with Crippen LogP contribution in [0.2, 0.25) is 0 Å². The molecule has 240 valence electrons. The molecule has 0 aromatic heterocycles. The van der Waals surface area contributed by atoms with E-state index in [0.717, 1.165) is 47.3 Å². The first kappa shape index (κ1) is 38.5. The van der Waals surface area contributed by atoms with Crippen molar-refractivity contribution in [2.75, 3.05) is 0 Å². The van der Waals surface area contributed by atoms with E-state index in [2.05, 4.69) is 132 Å².